The molecule has 4 heteroatoms. The maximum atomic E-state index is 11.9. The topological polar surface area (TPSA) is 50.4 Å². The summed E-state index contributed by atoms with van der Waals surface area (Å²) >= 11 is 0. The van der Waals surface area contributed by atoms with E-state index in [2.05, 4.69) is 10.6 Å². The van der Waals surface area contributed by atoms with Crippen LogP contribution in [-0.2, 0) is 9.53 Å². The summed E-state index contributed by atoms with van der Waals surface area (Å²) in [7, 11) is 0. The summed E-state index contributed by atoms with van der Waals surface area (Å²) in [6.07, 6.45) is 3.65. The minimum absolute atomic E-state index is 0.192. The number of rotatable bonds is 5. The molecule has 0 spiro atoms. The average molecular weight is 226 g/mol. The number of carbonyl (C=O) groups is 1. The van der Waals surface area contributed by atoms with Crippen molar-refractivity contribution >= 4 is 5.91 Å². The Kier molecular flexibility index (Phi) is 3.82. The van der Waals surface area contributed by atoms with E-state index in [1.165, 1.54) is 6.42 Å². The molecule has 0 aromatic heterocycles. The van der Waals surface area contributed by atoms with E-state index in [4.69, 9.17) is 4.74 Å². The number of hydrogen-bond acceptors (Lipinski definition) is 3. The van der Waals surface area contributed by atoms with Gasteiger partial charge < -0.3 is 15.4 Å². The Morgan fingerprint density at radius 2 is 2.31 bits per heavy atom. The Morgan fingerprint density at radius 3 is 2.88 bits per heavy atom. The van der Waals surface area contributed by atoms with Gasteiger partial charge in [0.1, 0.15) is 0 Å². The van der Waals surface area contributed by atoms with Crippen molar-refractivity contribution in [2.75, 3.05) is 13.2 Å². The fourth-order valence-corrected chi connectivity index (χ4v) is 2.71. The molecule has 0 saturated carbocycles. The summed E-state index contributed by atoms with van der Waals surface area (Å²) in [5, 5.41) is 6.44. The first kappa shape index (κ1) is 11.9. The molecule has 2 fully saturated rings. The molecule has 92 valence electrons. The van der Waals surface area contributed by atoms with Crippen LogP contribution in [0.5, 0.6) is 0 Å². The van der Waals surface area contributed by atoms with Crippen molar-refractivity contribution in [3.8, 4) is 0 Å². The second kappa shape index (κ2) is 5.15. The first-order valence-corrected chi connectivity index (χ1v) is 6.32. The van der Waals surface area contributed by atoms with Gasteiger partial charge >= 0.3 is 0 Å². The summed E-state index contributed by atoms with van der Waals surface area (Å²) in [5.74, 6) is 0.393. The average Bonchev–Trinajstić information content (AvgIpc) is 2.85. The standard InChI is InChI=1S/C12H22N2O2/c1-8(2)16-6-5-13-12(15)10-7-9-3-4-11(10)14-9/h8-11,14H,3-7H2,1-2H3,(H,13,15). The van der Waals surface area contributed by atoms with Crippen molar-refractivity contribution in [2.24, 2.45) is 5.92 Å². The molecular weight excluding hydrogens is 204 g/mol. The van der Waals surface area contributed by atoms with Crippen LogP contribution < -0.4 is 10.6 Å². The van der Waals surface area contributed by atoms with Crippen molar-refractivity contribution < 1.29 is 9.53 Å². The van der Waals surface area contributed by atoms with E-state index in [9.17, 15) is 4.79 Å². The van der Waals surface area contributed by atoms with Gasteiger partial charge in [0.2, 0.25) is 5.91 Å². The molecule has 2 bridgehead atoms. The Hall–Kier alpha value is -0.610. The van der Waals surface area contributed by atoms with Crippen molar-refractivity contribution in [1.29, 1.82) is 0 Å². The molecule has 0 aromatic rings. The van der Waals surface area contributed by atoms with Crippen molar-refractivity contribution in [3.05, 3.63) is 0 Å². The summed E-state index contributed by atoms with van der Waals surface area (Å²) in [6.45, 7) is 5.24. The first-order valence-electron chi connectivity index (χ1n) is 6.32. The van der Waals surface area contributed by atoms with Gasteiger partial charge in [-0.1, -0.05) is 0 Å². The van der Waals surface area contributed by atoms with E-state index >= 15 is 0 Å². The SMILES string of the molecule is CC(C)OCCNC(=O)C1CC2CCC1N2. The first-order chi connectivity index (χ1) is 7.66. The van der Waals surface area contributed by atoms with E-state index in [1.54, 1.807) is 0 Å². The van der Waals surface area contributed by atoms with Crippen LogP contribution in [0.15, 0.2) is 0 Å². The number of amides is 1. The predicted octanol–water partition coefficient (Wildman–Crippen LogP) is 0.668. The van der Waals surface area contributed by atoms with E-state index in [0.29, 0.717) is 25.2 Å². The monoisotopic (exact) mass is 226 g/mol. The summed E-state index contributed by atoms with van der Waals surface area (Å²) < 4.78 is 5.39. The van der Waals surface area contributed by atoms with E-state index in [-0.39, 0.29) is 17.9 Å². The molecule has 0 radical (unpaired) electrons. The third-order valence-corrected chi connectivity index (χ3v) is 3.49. The highest BCUT2D eigenvalue weighted by atomic mass is 16.5. The lowest BCUT2D eigenvalue weighted by Gasteiger charge is -2.19. The van der Waals surface area contributed by atoms with Gasteiger partial charge in [-0.25, -0.2) is 0 Å². The number of nitrogens with one attached hydrogen (secondary N) is 2. The minimum atomic E-state index is 0.192. The van der Waals surface area contributed by atoms with Crippen LogP contribution in [0.25, 0.3) is 0 Å². The van der Waals surface area contributed by atoms with E-state index in [1.807, 2.05) is 13.8 Å². The molecule has 16 heavy (non-hydrogen) atoms. The Bertz CT molecular complexity index is 255. The van der Waals surface area contributed by atoms with Crippen LogP contribution in [0.1, 0.15) is 33.1 Å². The molecule has 0 aliphatic carbocycles. The Labute approximate surface area is 97.1 Å². The van der Waals surface area contributed by atoms with Gasteiger partial charge in [0, 0.05) is 18.6 Å². The lowest BCUT2D eigenvalue weighted by atomic mass is 9.88. The van der Waals surface area contributed by atoms with Gasteiger partial charge in [-0.15, -0.1) is 0 Å². The molecule has 2 aliphatic rings. The van der Waals surface area contributed by atoms with Crippen LogP contribution in [0.2, 0.25) is 0 Å². The van der Waals surface area contributed by atoms with Gasteiger partial charge in [-0.2, -0.15) is 0 Å². The van der Waals surface area contributed by atoms with Crippen LogP contribution in [-0.4, -0.2) is 37.2 Å². The molecule has 2 rings (SSSR count). The van der Waals surface area contributed by atoms with Gasteiger partial charge in [-0.3, -0.25) is 4.79 Å². The lowest BCUT2D eigenvalue weighted by molar-refractivity contribution is -0.125. The van der Waals surface area contributed by atoms with E-state index in [0.717, 1.165) is 12.8 Å². The van der Waals surface area contributed by atoms with Crippen LogP contribution in [0.3, 0.4) is 0 Å². The molecule has 2 N–H and O–H groups in total. The Balaban J connectivity index is 1.65. The highest BCUT2D eigenvalue weighted by molar-refractivity contribution is 5.80. The molecule has 2 aliphatic heterocycles. The molecule has 2 heterocycles. The fourth-order valence-electron chi connectivity index (χ4n) is 2.71. The molecule has 0 aromatic carbocycles. The Morgan fingerprint density at radius 1 is 1.50 bits per heavy atom. The quantitative estimate of drug-likeness (QED) is 0.677. The molecular formula is C12H22N2O2. The van der Waals surface area contributed by atoms with Crippen molar-refractivity contribution in [1.82, 2.24) is 10.6 Å². The van der Waals surface area contributed by atoms with Gasteiger partial charge in [-0.05, 0) is 33.1 Å². The summed E-state index contributed by atoms with van der Waals surface area (Å²) in [6, 6.07) is 1.02. The molecule has 1 amide bonds. The maximum absolute atomic E-state index is 11.9. The molecule has 3 unspecified atom stereocenters. The summed E-state index contributed by atoms with van der Waals surface area (Å²) in [4.78, 5) is 11.9. The van der Waals surface area contributed by atoms with Crippen LogP contribution in [0, 0.1) is 5.92 Å². The highest BCUT2D eigenvalue weighted by Crippen LogP contribution is 2.33. The number of hydrogen-bond donors (Lipinski definition) is 2. The lowest BCUT2D eigenvalue weighted by Crippen LogP contribution is -2.39. The summed E-state index contributed by atoms with van der Waals surface area (Å²) in [5.41, 5.74) is 0. The number of carbonyl (C=O) groups excluding carboxylic acids is 1. The molecule has 4 nitrogen and oxygen atoms in total. The predicted molar refractivity (Wildman–Crippen MR) is 62.2 cm³/mol. The van der Waals surface area contributed by atoms with Gasteiger partial charge in [0.25, 0.3) is 0 Å². The fraction of sp³-hybridized carbons (Fsp3) is 0.917. The zero-order valence-corrected chi connectivity index (χ0v) is 10.2. The third-order valence-electron chi connectivity index (χ3n) is 3.49. The van der Waals surface area contributed by atoms with Crippen molar-refractivity contribution in [3.63, 3.8) is 0 Å². The second-order valence-corrected chi connectivity index (χ2v) is 5.10. The normalized spacial score (nSPS) is 32.3. The smallest absolute Gasteiger partial charge is 0.224 e. The zero-order chi connectivity index (χ0) is 11.5. The second-order valence-electron chi connectivity index (χ2n) is 5.10. The number of ether oxygens (including phenoxy) is 1. The maximum Gasteiger partial charge on any atom is 0.224 e. The zero-order valence-electron chi connectivity index (χ0n) is 10.2. The van der Waals surface area contributed by atoms with Crippen LogP contribution in [0.4, 0.5) is 0 Å². The number of fused-ring (bicyclic) bond motifs is 2. The third kappa shape index (κ3) is 2.74. The van der Waals surface area contributed by atoms with Crippen molar-refractivity contribution in [2.45, 2.75) is 51.3 Å². The largest absolute Gasteiger partial charge is 0.377 e. The minimum Gasteiger partial charge on any atom is -0.377 e. The molecule has 2 saturated heterocycles. The van der Waals surface area contributed by atoms with Crippen LogP contribution >= 0.6 is 0 Å². The van der Waals surface area contributed by atoms with Gasteiger partial charge in [0.05, 0.1) is 18.6 Å². The van der Waals surface area contributed by atoms with E-state index < -0.39 is 0 Å². The van der Waals surface area contributed by atoms with Gasteiger partial charge in [0.15, 0.2) is 0 Å². The highest BCUT2D eigenvalue weighted by Gasteiger charge is 2.42. The molecule has 3 atom stereocenters.